The number of nitrogens with one attached hydrogen (secondary N) is 1. The highest BCUT2D eigenvalue weighted by Gasteiger charge is 2.30. The molecule has 122 valence electrons. The Morgan fingerprint density at radius 2 is 1.87 bits per heavy atom. The second-order valence-electron chi connectivity index (χ2n) is 5.82. The monoisotopic (exact) mass is 350 g/mol. The van der Waals surface area contributed by atoms with Crippen molar-refractivity contribution in [3.8, 4) is 0 Å². The fourth-order valence-electron chi connectivity index (χ4n) is 2.82. The van der Waals surface area contributed by atoms with Crippen LogP contribution in [0, 0.1) is 5.92 Å². The van der Waals surface area contributed by atoms with Crippen LogP contribution in [0.1, 0.15) is 41.2 Å². The minimum absolute atomic E-state index is 0. The van der Waals surface area contributed by atoms with Crippen LogP contribution in [-0.4, -0.2) is 5.91 Å². The second kappa shape index (κ2) is 7.71. The van der Waals surface area contributed by atoms with Gasteiger partial charge in [-0.15, -0.1) is 12.4 Å². The number of nitrogen functional groups attached to an aromatic ring is 1. The first-order valence-electron chi connectivity index (χ1n) is 7.55. The lowest BCUT2D eigenvalue weighted by molar-refractivity contribution is 0.0900. The van der Waals surface area contributed by atoms with Gasteiger partial charge in [0.15, 0.2) is 0 Å². The summed E-state index contributed by atoms with van der Waals surface area (Å²) in [5.41, 5.74) is 8.05. The first-order valence-corrected chi connectivity index (χ1v) is 7.93. The average Bonchev–Trinajstić information content (AvgIpc) is 2.45. The van der Waals surface area contributed by atoms with Crippen LogP contribution < -0.4 is 11.1 Å². The molecule has 3 nitrogen and oxygen atoms in total. The third kappa shape index (κ3) is 4.18. The Morgan fingerprint density at radius 1 is 1.17 bits per heavy atom. The molecule has 0 spiro atoms. The van der Waals surface area contributed by atoms with Crippen LogP contribution in [0.2, 0.25) is 5.02 Å². The number of benzene rings is 2. The summed E-state index contributed by atoms with van der Waals surface area (Å²) in [4.78, 5) is 12.5. The average molecular weight is 351 g/mol. The standard InChI is InChI=1S/C18H19ClN2O.ClH/c19-15-9-7-13(8-10-15)17(12-3-1-4-12)21-18(22)14-5-2-6-16(20)11-14;/h2,5-12,17H,1,3-4,20H2,(H,21,22);1H. The van der Waals surface area contributed by atoms with Crippen LogP contribution in [0.3, 0.4) is 0 Å². The maximum atomic E-state index is 12.5. The molecule has 1 aliphatic carbocycles. The lowest BCUT2D eigenvalue weighted by atomic mass is 9.77. The summed E-state index contributed by atoms with van der Waals surface area (Å²) in [6, 6.07) is 14.8. The van der Waals surface area contributed by atoms with Crippen molar-refractivity contribution in [1.29, 1.82) is 0 Å². The van der Waals surface area contributed by atoms with Crippen LogP contribution in [0.5, 0.6) is 0 Å². The Morgan fingerprint density at radius 3 is 2.43 bits per heavy atom. The van der Waals surface area contributed by atoms with Gasteiger partial charge in [-0.05, 0) is 54.7 Å². The van der Waals surface area contributed by atoms with E-state index in [4.69, 9.17) is 17.3 Å². The van der Waals surface area contributed by atoms with Gasteiger partial charge in [-0.3, -0.25) is 4.79 Å². The molecule has 1 atom stereocenters. The third-order valence-corrected chi connectivity index (χ3v) is 4.54. The van der Waals surface area contributed by atoms with E-state index in [-0.39, 0.29) is 24.4 Å². The summed E-state index contributed by atoms with van der Waals surface area (Å²) in [6.45, 7) is 0. The highest BCUT2D eigenvalue weighted by molar-refractivity contribution is 6.30. The molecule has 0 heterocycles. The minimum Gasteiger partial charge on any atom is -0.399 e. The Balaban J connectivity index is 0.00000192. The van der Waals surface area contributed by atoms with Gasteiger partial charge < -0.3 is 11.1 Å². The molecule has 0 bridgehead atoms. The molecule has 1 amide bonds. The van der Waals surface area contributed by atoms with Gasteiger partial charge in [0.25, 0.3) is 5.91 Å². The van der Waals surface area contributed by atoms with Gasteiger partial charge in [0, 0.05) is 16.3 Å². The van der Waals surface area contributed by atoms with Gasteiger partial charge in [-0.2, -0.15) is 0 Å². The van der Waals surface area contributed by atoms with Crippen molar-refractivity contribution in [3.63, 3.8) is 0 Å². The summed E-state index contributed by atoms with van der Waals surface area (Å²) < 4.78 is 0. The normalized spacial score (nSPS) is 15.2. The quantitative estimate of drug-likeness (QED) is 0.790. The van der Waals surface area contributed by atoms with Crippen molar-refractivity contribution in [2.24, 2.45) is 5.92 Å². The largest absolute Gasteiger partial charge is 0.399 e. The molecule has 0 saturated heterocycles. The highest BCUT2D eigenvalue weighted by atomic mass is 35.5. The molecule has 3 rings (SSSR count). The van der Waals surface area contributed by atoms with E-state index >= 15 is 0 Å². The van der Waals surface area contributed by atoms with Crippen molar-refractivity contribution in [3.05, 3.63) is 64.7 Å². The molecule has 1 aliphatic rings. The molecule has 1 fully saturated rings. The zero-order chi connectivity index (χ0) is 15.5. The molecule has 5 heteroatoms. The molecule has 1 unspecified atom stereocenters. The summed E-state index contributed by atoms with van der Waals surface area (Å²) in [5.74, 6) is 0.408. The van der Waals surface area contributed by atoms with E-state index in [1.807, 2.05) is 24.3 Å². The van der Waals surface area contributed by atoms with Gasteiger partial charge in [0.2, 0.25) is 0 Å². The van der Waals surface area contributed by atoms with E-state index in [1.165, 1.54) is 6.42 Å². The number of hydrogen-bond acceptors (Lipinski definition) is 2. The van der Waals surface area contributed by atoms with Crippen molar-refractivity contribution < 1.29 is 4.79 Å². The summed E-state index contributed by atoms with van der Waals surface area (Å²) in [6.07, 6.45) is 3.51. The predicted octanol–water partition coefficient (Wildman–Crippen LogP) is 4.62. The van der Waals surface area contributed by atoms with Gasteiger partial charge >= 0.3 is 0 Å². The third-order valence-electron chi connectivity index (χ3n) is 4.29. The topological polar surface area (TPSA) is 55.1 Å². The smallest absolute Gasteiger partial charge is 0.251 e. The van der Waals surface area contributed by atoms with E-state index < -0.39 is 0 Å². The molecule has 1 saturated carbocycles. The van der Waals surface area contributed by atoms with Gasteiger partial charge in [-0.1, -0.05) is 36.2 Å². The summed E-state index contributed by atoms with van der Waals surface area (Å²) in [5, 5.41) is 3.87. The summed E-state index contributed by atoms with van der Waals surface area (Å²) in [7, 11) is 0. The Labute approximate surface area is 147 Å². The zero-order valence-corrected chi connectivity index (χ0v) is 14.2. The molecule has 0 aromatic heterocycles. The van der Waals surface area contributed by atoms with E-state index in [9.17, 15) is 4.79 Å². The number of anilines is 1. The number of carbonyl (C=O) groups is 1. The van der Waals surface area contributed by atoms with E-state index in [1.54, 1.807) is 24.3 Å². The first kappa shape index (κ1) is 17.6. The fraction of sp³-hybridized carbons (Fsp3) is 0.278. The Kier molecular flexibility index (Phi) is 5.91. The number of halogens is 2. The first-order chi connectivity index (χ1) is 10.6. The molecule has 3 N–H and O–H groups in total. The fourth-order valence-corrected chi connectivity index (χ4v) is 2.95. The van der Waals surface area contributed by atoms with Crippen molar-refractivity contribution >= 4 is 35.6 Å². The van der Waals surface area contributed by atoms with Gasteiger partial charge in [0.1, 0.15) is 0 Å². The SMILES string of the molecule is Cl.Nc1cccc(C(=O)NC(c2ccc(Cl)cc2)C2CCC2)c1. The van der Waals surface area contributed by atoms with Crippen LogP contribution >= 0.6 is 24.0 Å². The van der Waals surface area contributed by atoms with Gasteiger partial charge in [0.05, 0.1) is 6.04 Å². The Bertz CT molecular complexity index is 669. The van der Waals surface area contributed by atoms with Crippen LogP contribution in [-0.2, 0) is 0 Å². The number of carbonyl (C=O) groups excluding carboxylic acids is 1. The lowest BCUT2D eigenvalue weighted by Gasteiger charge is -2.34. The molecule has 0 aliphatic heterocycles. The zero-order valence-electron chi connectivity index (χ0n) is 12.7. The van der Waals surface area contributed by atoms with E-state index in [0.29, 0.717) is 22.2 Å². The van der Waals surface area contributed by atoms with Crippen molar-refractivity contribution in [1.82, 2.24) is 5.32 Å². The molecule has 2 aromatic carbocycles. The van der Waals surface area contributed by atoms with Crippen LogP contribution in [0.4, 0.5) is 5.69 Å². The number of hydrogen-bond donors (Lipinski definition) is 2. The molecule has 2 aromatic rings. The molecule has 23 heavy (non-hydrogen) atoms. The van der Waals surface area contributed by atoms with Crippen LogP contribution in [0.15, 0.2) is 48.5 Å². The predicted molar refractivity (Wildman–Crippen MR) is 97.1 cm³/mol. The minimum atomic E-state index is -0.0841. The number of nitrogens with two attached hydrogens (primary N) is 1. The molecule has 0 radical (unpaired) electrons. The maximum absolute atomic E-state index is 12.5. The maximum Gasteiger partial charge on any atom is 0.251 e. The molecular formula is C18H20Cl2N2O. The number of rotatable bonds is 4. The van der Waals surface area contributed by atoms with E-state index in [0.717, 1.165) is 18.4 Å². The Hall–Kier alpha value is -1.71. The van der Waals surface area contributed by atoms with Crippen molar-refractivity contribution in [2.45, 2.75) is 25.3 Å². The summed E-state index contributed by atoms with van der Waals surface area (Å²) >= 11 is 5.96. The van der Waals surface area contributed by atoms with E-state index in [2.05, 4.69) is 5.32 Å². The van der Waals surface area contributed by atoms with Crippen LogP contribution in [0.25, 0.3) is 0 Å². The van der Waals surface area contributed by atoms with Crippen molar-refractivity contribution in [2.75, 3.05) is 5.73 Å². The second-order valence-corrected chi connectivity index (χ2v) is 6.26. The number of amides is 1. The molecular weight excluding hydrogens is 331 g/mol. The highest BCUT2D eigenvalue weighted by Crippen LogP contribution is 2.38. The lowest BCUT2D eigenvalue weighted by Crippen LogP contribution is -2.36. The van der Waals surface area contributed by atoms with Gasteiger partial charge in [-0.25, -0.2) is 0 Å².